The van der Waals surface area contributed by atoms with Crippen molar-refractivity contribution in [2.75, 3.05) is 0 Å². The zero-order chi connectivity index (χ0) is 16.0. The highest BCUT2D eigenvalue weighted by molar-refractivity contribution is 7.81. The molecule has 2 nitrogen and oxygen atoms in total. The van der Waals surface area contributed by atoms with E-state index in [0.717, 1.165) is 12.8 Å². The molecule has 0 aromatic carbocycles. The zero-order valence-electron chi connectivity index (χ0n) is 14.4. The third kappa shape index (κ3) is 8.38. The van der Waals surface area contributed by atoms with E-state index in [1.54, 1.807) is 7.48 Å². The summed E-state index contributed by atoms with van der Waals surface area (Å²) in [7, 11) is 1.79. The maximum atomic E-state index is 6.14. The zero-order valence-corrected chi connectivity index (χ0v) is 15.3. The lowest BCUT2D eigenvalue weighted by molar-refractivity contribution is 0.0799. The second-order valence-corrected chi connectivity index (χ2v) is 8.30. The molecule has 0 heterocycles. The third-order valence-corrected chi connectivity index (χ3v) is 4.44. The van der Waals surface area contributed by atoms with Gasteiger partial charge in [-0.15, -0.1) is 0 Å². The Hall–Kier alpha value is 0.0749. The predicted molar refractivity (Wildman–Crippen MR) is 94.4 cm³/mol. The summed E-state index contributed by atoms with van der Waals surface area (Å²) in [5.74, 6) is 0.583. The predicted octanol–water partition coefficient (Wildman–Crippen LogP) is 4.17. The van der Waals surface area contributed by atoms with Crippen molar-refractivity contribution in [3.63, 3.8) is 0 Å². The molecule has 0 spiro atoms. The van der Waals surface area contributed by atoms with Gasteiger partial charge in [0, 0.05) is 10.7 Å². The number of hydrogen-bond donors (Lipinski definition) is 2. The van der Waals surface area contributed by atoms with Crippen LogP contribution < -0.4 is 5.73 Å². The summed E-state index contributed by atoms with van der Waals surface area (Å²) < 4.78 is 5.65. The molecule has 2 atom stereocenters. The van der Waals surface area contributed by atoms with Crippen LogP contribution in [0.1, 0.15) is 67.7 Å². The van der Waals surface area contributed by atoms with Crippen molar-refractivity contribution in [2.24, 2.45) is 11.7 Å². The average Bonchev–Trinajstić information content (AvgIpc) is 2.24. The van der Waals surface area contributed by atoms with Gasteiger partial charge in [0.2, 0.25) is 0 Å². The molecular formula is C16H33BNOS. The van der Waals surface area contributed by atoms with Gasteiger partial charge in [0.25, 0.3) is 0 Å². The SMILES string of the molecule is CC(C)=CCCC(C)CC(N)[B]OC(C)(C)C(C)(C)S. The van der Waals surface area contributed by atoms with Crippen LogP contribution in [-0.2, 0) is 4.65 Å². The van der Waals surface area contributed by atoms with Gasteiger partial charge in [0.1, 0.15) is 0 Å². The molecule has 0 aliphatic carbocycles. The van der Waals surface area contributed by atoms with Gasteiger partial charge in [-0.3, -0.25) is 0 Å². The maximum Gasteiger partial charge on any atom is 0.311 e. The Morgan fingerprint density at radius 2 is 1.85 bits per heavy atom. The van der Waals surface area contributed by atoms with Crippen molar-refractivity contribution >= 4 is 20.1 Å². The summed E-state index contributed by atoms with van der Waals surface area (Å²) in [6.07, 6.45) is 5.55. The van der Waals surface area contributed by atoms with Gasteiger partial charge in [-0.1, -0.05) is 18.6 Å². The van der Waals surface area contributed by atoms with Crippen LogP contribution in [-0.4, -0.2) is 23.8 Å². The average molecular weight is 298 g/mol. The van der Waals surface area contributed by atoms with E-state index in [2.05, 4.69) is 53.3 Å². The number of nitrogens with two attached hydrogens (primary N) is 1. The first kappa shape index (κ1) is 20.1. The Balaban J connectivity index is 4.05. The van der Waals surface area contributed by atoms with Gasteiger partial charge < -0.3 is 10.4 Å². The minimum Gasteiger partial charge on any atom is -0.433 e. The van der Waals surface area contributed by atoms with E-state index in [1.165, 1.54) is 12.0 Å². The number of thiol groups is 1. The standard InChI is InChI=1S/C16H33BNOS/c1-12(2)9-8-10-13(3)11-14(18)17-19-15(4,5)16(6,7)20/h9,13-14,20H,8,10-11,18H2,1-7H3. The molecule has 0 fully saturated rings. The van der Waals surface area contributed by atoms with Gasteiger partial charge in [-0.2, -0.15) is 12.6 Å². The topological polar surface area (TPSA) is 35.2 Å². The van der Waals surface area contributed by atoms with Crippen LogP contribution in [0.5, 0.6) is 0 Å². The van der Waals surface area contributed by atoms with Gasteiger partial charge in [-0.05, 0) is 66.7 Å². The Morgan fingerprint density at radius 3 is 2.30 bits per heavy atom. The second kappa shape index (κ2) is 8.50. The normalized spacial score (nSPS) is 15.7. The minimum atomic E-state index is -0.334. The summed E-state index contributed by atoms with van der Waals surface area (Å²) in [5, 5.41) is 0. The molecule has 0 aliphatic rings. The van der Waals surface area contributed by atoms with Crippen LogP contribution in [0.15, 0.2) is 11.6 Å². The molecule has 2 N–H and O–H groups in total. The van der Waals surface area contributed by atoms with Crippen LogP contribution in [0.3, 0.4) is 0 Å². The summed E-state index contributed by atoms with van der Waals surface area (Å²) in [6, 6.07) is 0. The fourth-order valence-corrected chi connectivity index (χ4v) is 1.75. The van der Waals surface area contributed by atoms with Crippen LogP contribution in [0, 0.1) is 5.92 Å². The molecule has 1 radical (unpaired) electrons. The molecular weight excluding hydrogens is 265 g/mol. The number of rotatable bonds is 9. The van der Waals surface area contributed by atoms with Crippen molar-refractivity contribution in [1.29, 1.82) is 0 Å². The smallest absolute Gasteiger partial charge is 0.311 e. The van der Waals surface area contributed by atoms with E-state index < -0.39 is 0 Å². The first-order chi connectivity index (χ1) is 8.95. The lowest BCUT2D eigenvalue weighted by atomic mass is 9.79. The summed E-state index contributed by atoms with van der Waals surface area (Å²) in [5.41, 5.74) is 7.18. The molecule has 0 amide bonds. The number of hydrogen-bond acceptors (Lipinski definition) is 3. The van der Waals surface area contributed by atoms with E-state index >= 15 is 0 Å². The summed E-state index contributed by atoms with van der Waals surface area (Å²) in [6.45, 7) is 14.7. The van der Waals surface area contributed by atoms with Crippen molar-refractivity contribution in [3.05, 3.63) is 11.6 Å². The van der Waals surface area contributed by atoms with Gasteiger partial charge in [-0.25, -0.2) is 0 Å². The van der Waals surface area contributed by atoms with Gasteiger partial charge >= 0.3 is 7.48 Å². The molecule has 0 rings (SSSR count). The molecule has 0 saturated heterocycles. The summed E-state index contributed by atoms with van der Waals surface area (Å²) in [4.78, 5) is 0. The van der Waals surface area contributed by atoms with E-state index in [4.69, 9.17) is 10.4 Å². The molecule has 0 bridgehead atoms. The van der Waals surface area contributed by atoms with Crippen LogP contribution in [0.2, 0.25) is 0 Å². The highest BCUT2D eigenvalue weighted by atomic mass is 32.1. The highest BCUT2D eigenvalue weighted by Crippen LogP contribution is 2.30. The van der Waals surface area contributed by atoms with Crippen molar-refractivity contribution in [1.82, 2.24) is 0 Å². The maximum absolute atomic E-state index is 6.14. The van der Waals surface area contributed by atoms with E-state index in [1.807, 2.05) is 13.8 Å². The largest absolute Gasteiger partial charge is 0.433 e. The van der Waals surface area contributed by atoms with Crippen LogP contribution in [0.4, 0.5) is 0 Å². The molecule has 0 aliphatic heterocycles. The lowest BCUT2D eigenvalue weighted by Crippen LogP contribution is -2.47. The van der Waals surface area contributed by atoms with E-state index in [9.17, 15) is 0 Å². The fraction of sp³-hybridized carbons (Fsp3) is 0.875. The van der Waals surface area contributed by atoms with Crippen LogP contribution in [0.25, 0.3) is 0 Å². The molecule has 20 heavy (non-hydrogen) atoms. The third-order valence-electron chi connectivity index (χ3n) is 3.90. The molecule has 117 valence electrons. The first-order valence-corrected chi connectivity index (χ1v) is 8.03. The minimum absolute atomic E-state index is 0.0216. The van der Waals surface area contributed by atoms with Crippen molar-refractivity contribution in [2.45, 2.75) is 84.0 Å². The monoisotopic (exact) mass is 298 g/mol. The Labute approximate surface area is 132 Å². The highest BCUT2D eigenvalue weighted by Gasteiger charge is 2.35. The summed E-state index contributed by atoms with van der Waals surface area (Å²) >= 11 is 4.58. The van der Waals surface area contributed by atoms with Crippen LogP contribution >= 0.6 is 12.6 Å². The molecule has 2 unspecified atom stereocenters. The Kier molecular flexibility index (Phi) is 8.53. The van der Waals surface area contributed by atoms with Gasteiger partial charge in [0.05, 0.1) is 5.60 Å². The number of allylic oxidation sites excluding steroid dienone is 2. The second-order valence-electron chi connectivity index (χ2n) is 7.19. The van der Waals surface area contributed by atoms with Crippen molar-refractivity contribution in [3.8, 4) is 0 Å². The Morgan fingerprint density at radius 1 is 1.30 bits per heavy atom. The molecule has 4 heteroatoms. The quantitative estimate of drug-likeness (QED) is 0.381. The fourth-order valence-electron chi connectivity index (χ4n) is 1.70. The molecule has 0 saturated carbocycles. The first-order valence-electron chi connectivity index (χ1n) is 7.58. The van der Waals surface area contributed by atoms with E-state index in [0.29, 0.717) is 5.92 Å². The van der Waals surface area contributed by atoms with E-state index in [-0.39, 0.29) is 16.3 Å². The van der Waals surface area contributed by atoms with Gasteiger partial charge in [0.15, 0.2) is 0 Å². The Bertz CT molecular complexity index is 306. The lowest BCUT2D eigenvalue weighted by Gasteiger charge is -2.39. The molecule has 0 aromatic rings. The molecule has 0 aromatic heterocycles. The van der Waals surface area contributed by atoms with Crippen molar-refractivity contribution < 1.29 is 4.65 Å².